The second-order valence-electron chi connectivity index (χ2n) is 4.31. The Morgan fingerprint density at radius 3 is 2.65 bits per heavy atom. The van der Waals surface area contributed by atoms with E-state index in [0.717, 1.165) is 12.0 Å². The van der Waals surface area contributed by atoms with Crippen LogP contribution in [0.25, 0.3) is 0 Å². The second kappa shape index (κ2) is 6.57. The molecule has 17 heavy (non-hydrogen) atoms. The van der Waals surface area contributed by atoms with Crippen LogP contribution in [0.15, 0.2) is 18.2 Å². The molecule has 0 aliphatic carbocycles. The van der Waals surface area contributed by atoms with Gasteiger partial charge in [0.05, 0.1) is 6.61 Å². The van der Waals surface area contributed by atoms with E-state index in [0.29, 0.717) is 19.1 Å². The third-order valence-corrected chi connectivity index (χ3v) is 2.74. The smallest absolute Gasteiger partial charge is 0.165 e. The average molecular weight is 240 g/mol. The predicted molar refractivity (Wildman–Crippen MR) is 67.3 cm³/mol. The Morgan fingerprint density at radius 2 is 2.12 bits per heavy atom. The van der Waals surface area contributed by atoms with Gasteiger partial charge in [-0.3, -0.25) is 0 Å². The van der Waals surface area contributed by atoms with Crippen molar-refractivity contribution in [1.29, 1.82) is 0 Å². The maximum absolute atomic E-state index is 13.6. The lowest BCUT2D eigenvalue weighted by molar-refractivity contribution is 0.321. The maximum atomic E-state index is 13.6. The van der Waals surface area contributed by atoms with E-state index in [4.69, 9.17) is 16.2 Å². The molecule has 0 aliphatic heterocycles. The van der Waals surface area contributed by atoms with Crippen molar-refractivity contribution in [3.63, 3.8) is 0 Å². The van der Waals surface area contributed by atoms with Crippen LogP contribution in [-0.4, -0.2) is 13.2 Å². The third-order valence-electron chi connectivity index (χ3n) is 2.74. The molecule has 0 fully saturated rings. The molecule has 4 N–H and O–H groups in total. The summed E-state index contributed by atoms with van der Waals surface area (Å²) in [6.45, 7) is 4.90. The Kier molecular flexibility index (Phi) is 5.38. The molecule has 1 aromatic rings. The molecule has 0 saturated heterocycles. The topological polar surface area (TPSA) is 61.3 Å². The van der Waals surface area contributed by atoms with E-state index in [1.807, 2.05) is 19.9 Å². The van der Waals surface area contributed by atoms with E-state index in [1.54, 1.807) is 6.07 Å². The summed E-state index contributed by atoms with van der Waals surface area (Å²) in [5, 5.41) is 0. The van der Waals surface area contributed by atoms with Crippen molar-refractivity contribution in [2.45, 2.75) is 26.3 Å². The standard InChI is InChI=1S/C13H21FN2O/c1-3-17-13-5-4-10(7-11(13)14)12(16)6-9(2)8-15/h4-5,7,9,12H,3,6,8,15-16H2,1-2H3. The fraction of sp³-hybridized carbons (Fsp3) is 0.538. The first-order valence-corrected chi connectivity index (χ1v) is 5.96. The molecule has 0 bridgehead atoms. The molecule has 2 unspecified atom stereocenters. The second-order valence-corrected chi connectivity index (χ2v) is 4.31. The molecule has 1 aromatic carbocycles. The van der Waals surface area contributed by atoms with E-state index in [2.05, 4.69) is 0 Å². The van der Waals surface area contributed by atoms with Crippen LogP contribution in [0.2, 0.25) is 0 Å². The summed E-state index contributed by atoms with van der Waals surface area (Å²) in [4.78, 5) is 0. The fourth-order valence-electron chi connectivity index (χ4n) is 1.69. The van der Waals surface area contributed by atoms with E-state index >= 15 is 0 Å². The highest BCUT2D eigenvalue weighted by Crippen LogP contribution is 2.24. The SMILES string of the molecule is CCOc1ccc(C(N)CC(C)CN)cc1F. The van der Waals surface area contributed by atoms with Gasteiger partial charge in [-0.25, -0.2) is 4.39 Å². The molecule has 0 radical (unpaired) electrons. The Labute approximate surface area is 102 Å². The Balaban J connectivity index is 2.75. The van der Waals surface area contributed by atoms with Gasteiger partial charge in [0, 0.05) is 6.04 Å². The molecular formula is C13H21FN2O. The van der Waals surface area contributed by atoms with E-state index in [9.17, 15) is 4.39 Å². The van der Waals surface area contributed by atoms with Crippen LogP contribution in [0.4, 0.5) is 4.39 Å². The van der Waals surface area contributed by atoms with Crippen molar-refractivity contribution >= 4 is 0 Å². The summed E-state index contributed by atoms with van der Waals surface area (Å²) in [6.07, 6.45) is 0.754. The van der Waals surface area contributed by atoms with Crippen molar-refractivity contribution in [2.75, 3.05) is 13.2 Å². The summed E-state index contributed by atoms with van der Waals surface area (Å²) >= 11 is 0. The lowest BCUT2D eigenvalue weighted by atomic mass is 9.96. The molecule has 0 spiro atoms. The van der Waals surface area contributed by atoms with Crippen LogP contribution in [0.1, 0.15) is 31.9 Å². The molecular weight excluding hydrogens is 219 g/mol. The molecule has 0 aliphatic rings. The first-order valence-electron chi connectivity index (χ1n) is 5.96. The number of hydrogen-bond acceptors (Lipinski definition) is 3. The van der Waals surface area contributed by atoms with Crippen molar-refractivity contribution in [3.05, 3.63) is 29.6 Å². The van der Waals surface area contributed by atoms with Crippen molar-refractivity contribution < 1.29 is 9.13 Å². The first-order chi connectivity index (χ1) is 8.08. The van der Waals surface area contributed by atoms with Crippen LogP contribution in [0.3, 0.4) is 0 Å². The summed E-state index contributed by atoms with van der Waals surface area (Å²) in [7, 11) is 0. The Bertz CT molecular complexity index is 357. The number of nitrogens with two attached hydrogens (primary N) is 2. The van der Waals surface area contributed by atoms with Gasteiger partial charge in [0.1, 0.15) is 0 Å². The Morgan fingerprint density at radius 1 is 1.41 bits per heavy atom. The maximum Gasteiger partial charge on any atom is 0.165 e. The third kappa shape index (κ3) is 3.98. The van der Waals surface area contributed by atoms with Gasteiger partial charge in [0.2, 0.25) is 0 Å². The number of hydrogen-bond donors (Lipinski definition) is 2. The lowest BCUT2D eigenvalue weighted by Crippen LogP contribution is -2.19. The van der Waals surface area contributed by atoms with Crippen LogP contribution in [0, 0.1) is 11.7 Å². The number of benzene rings is 1. The molecule has 0 heterocycles. The summed E-state index contributed by atoms with van der Waals surface area (Å²) in [5.74, 6) is 0.246. The van der Waals surface area contributed by atoms with Gasteiger partial charge in [-0.05, 0) is 43.5 Å². The van der Waals surface area contributed by atoms with Crippen LogP contribution in [-0.2, 0) is 0 Å². The summed E-state index contributed by atoms with van der Waals surface area (Å²) in [5.41, 5.74) is 12.3. The molecule has 1 rings (SSSR count). The van der Waals surface area contributed by atoms with Crippen LogP contribution < -0.4 is 16.2 Å². The lowest BCUT2D eigenvalue weighted by Gasteiger charge is -2.17. The Hall–Kier alpha value is -1.13. The van der Waals surface area contributed by atoms with Crippen molar-refractivity contribution in [3.8, 4) is 5.75 Å². The van der Waals surface area contributed by atoms with Gasteiger partial charge in [0.15, 0.2) is 11.6 Å². The molecule has 2 atom stereocenters. The largest absolute Gasteiger partial charge is 0.491 e. The van der Waals surface area contributed by atoms with Crippen molar-refractivity contribution in [1.82, 2.24) is 0 Å². The van der Waals surface area contributed by atoms with Gasteiger partial charge >= 0.3 is 0 Å². The summed E-state index contributed by atoms with van der Waals surface area (Å²) < 4.78 is 18.7. The molecule has 0 aromatic heterocycles. The minimum absolute atomic E-state index is 0.182. The van der Waals surface area contributed by atoms with E-state index < -0.39 is 0 Å². The highest BCUT2D eigenvalue weighted by atomic mass is 19.1. The van der Waals surface area contributed by atoms with E-state index in [-0.39, 0.29) is 17.6 Å². The van der Waals surface area contributed by atoms with Gasteiger partial charge in [-0.15, -0.1) is 0 Å². The van der Waals surface area contributed by atoms with Gasteiger partial charge in [-0.2, -0.15) is 0 Å². The minimum Gasteiger partial charge on any atom is -0.491 e. The predicted octanol–water partition coefficient (Wildman–Crippen LogP) is 2.21. The zero-order valence-corrected chi connectivity index (χ0v) is 10.4. The molecule has 0 amide bonds. The molecule has 96 valence electrons. The number of ether oxygens (including phenoxy) is 1. The average Bonchev–Trinajstić information content (AvgIpc) is 2.31. The normalized spacial score (nSPS) is 14.4. The molecule has 3 nitrogen and oxygen atoms in total. The van der Waals surface area contributed by atoms with E-state index in [1.165, 1.54) is 6.07 Å². The van der Waals surface area contributed by atoms with Gasteiger partial charge in [0.25, 0.3) is 0 Å². The van der Waals surface area contributed by atoms with Crippen LogP contribution in [0.5, 0.6) is 5.75 Å². The molecule has 0 saturated carbocycles. The zero-order chi connectivity index (χ0) is 12.8. The quantitative estimate of drug-likeness (QED) is 0.801. The van der Waals surface area contributed by atoms with Gasteiger partial charge in [-0.1, -0.05) is 13.0 Å². The fourth-order valence-corrected chi connectivity index (χ4v) is 1.69. The number of halogens is 1. The highest BCUT2D eigenvalue weighted by Gasteiger charge is 2.12. The number of rotatable bonds is 6. The first kappa shape index (κ1) is 13.9. The summed E-state index contributed by atoms with van der Waals surface area (Å²) in [6, 6.07) is 4.70. The van der Waals surface area contributed by atoms with Crippen LogP contribution >= 0.6 is 0 Å². The minimum atomic E-state index is -0.361. The van der Waals surface area contributed by atoms with Crippen molar-refractivity contribution in [2.24, 2.45) is 17.4 Å². The zero-order valence-electron chi connectivity index (χ0n) is 10.4. The molecule has 4 heteroatoms. The van der Waals surface area contributed by atoms with Gasteiger partial charge < -0.3 is 16.2 Å². The highest BCUT2D eigenvalue weighted by molar-refractivity contribution is 5.31. The monoisotopic (exact) mass is 240 g/mol.